The number of hydrogen-bond donors (Lipinski definition) is 1. The second kappa shape index (κ2) is 8.11. The summed E-state index contributed by atoms with van der Waals surface area (Å²) in [5.74, 6) is 1.67. The lowest BCUT2D eigenvalue weighted by molar-refractivity contribution is 0.0123. The summed E-state index contributed by atoms with van der Waals surface area (Å²) in [5.41, 5.74) is 2.49. The first-order valence-corrected chi connectivity index (χ1v) is 10.4. The molecule has 2 aromatic rings. The summed E-state index contributed by atoms with van der Waals surface area (Å²) in [6.45, 7) is 8.86. The van der Waals surface area contributed by atoms with E-state index in [1.54, 1.807) is 0 Å². The van der Waals surface area contributed by atoms with Crippen molar-refractivity contribution in [2.75, 3.05) is 13.1 Å². The molecular weight excluding hydrogens is 336 g/mol. The first-order chi connectivity index (χ1) is 13.1. The smallest absolute Gasteiger partial charge is 0.150 e. The largest absolute Gasteiger partial charge is 0.360 e. The average Bonchev–Trinajstić information content (AvgIpc) is 3.13. The van der Waals surface area contributed by atoms with Gasteiger partial charge < -0.3 is 9.84 Å². The van der Waals surface area contributed by atoms with Gasteiger partial charge in [-0.25, -0.2) is 0 Å². The molecule has 2 aromatic heterocycles. The number of rotatable bonds is 7. The Labute approximate surface area is 162 Å². The highest BCUT2D eigenvalue weighted by Crippen LogP contribution is 2.47. The van der Waals surface area contributed by atoms with Gasteiger partial charge in [-0.2, -0.15) is 0 Å². The second-order valence-electron chi connectivity index (χ2n) is 8.83. The Morgan fingerprint density at radius 3 is 2.78 bits per heavy atom. The van der Waals surface area contributed by atoms with E-state index in [2.05, 4.69) is 46.3 Å². The molecule has 1 saturated carbocycles. The molecule has 3 heterocycles. The van der Waals surface area contributed by atoms with Crippen LogP contribution in [-0.4, -0.2) is 34.2 Å². The van der Waals surface area contributed by atoms with Gasteiger partial charge in [-0.05, 0) is 62.2 Å². The average molecular weight is 369 g/mol. The summed E-state index contributed by atoms with van der Waals surface area (Å²) in [6.07, 6.45) is 8.04. The van der Waals surface area contributed by atoms with Crippen LogP contribution >= 0.6 is 0 Å². The van der Waals surface area contributed by atoms with Crippen molar-refractivity contribution >= 4 is 0 Å². The van der Waals surface area contributed by atoms with E-state index in [1.165, 1.54) is 38.8 Å². The van der Waals surface area contributed by atoms with Crippen molar-refractivity contribution in [2.24, 2.45) is 11.3 Å². The first-order valence-electron chi connectivity index (χ1n) is 10.4. The second-order valence-corrected chi connectivity index (χ2v) is 8.83. The maximum atomic E-state index is 5.62. The molecule has 1 N–H and O–H groups in total. The number of nitrogens with one attached hydrogen (secondary N) is 1. The molecule has 0 bridgehead atoms. The molecule has 0 spiro atoms. The van der Waals surface area contributed by atoms with Crippen LogP contribution in [0, 0.1) is 11.3 Å². The maximum Gasteiger partial charge on any atom is 0.150 e. The molecule has 2 aliphatic rings. The standard InChI is InChI=1S/C22H32N4O/c1-22(2)17(13-21(22)24-15-18-8-4-5-9-23-18)12-19-14-20(27-25-19)16-26-10-6-3-7-11-26/h4-5,8-9,14,17,21,24H,3,6-7,10-13,15-16H2,1-2H3. The van der Waals surface area contributed by atoms with Crippen molar-refractivity contribution in [3.63, 3.8) is 0 Å². The molecule has 2 fully saturated rings. The van der Waals surface area contributed by atoms with Gasteiger partial charge in [-0.1, -0.05) is 31.5 Å². The van der Waals surface area contributed by atoms with Crippen LogP contribution in [0.25, 0.3) is 0 Å². The van der Waals surface area contributed by atoms with E-state index < -0.39 is 0 Å². The Hall–Kier alpha value is -1.72. The Kier molecular flexibility index (Phi) is 5.60. The van der Waals surface area contributed by atoms with Crippen LogP contribution < -0.4 is 5.32 Å². The molecule has 1 aliphatic heterocycles. The van der Waals surface area contributed by atoms with E-state index in [4.69, 9.17) is 4.52 Å². The molecule has 5 heteroatoms. The fraction of sp³-hybridized carbons (Fsp3) is 0.636. The monoisotopic (exact) mass is 368 g/mol. The topological polar surface area (TPSA) is 54.2 Å². The van der Waals surface area contributed by atoms with Crippen LogP contribution in [0.2, 0.25) is 0 Å². The molecule has 0 amide bonds. The number of hydrogen-bond acceptors (Lipinski definition) is 5. The minimum Gasteiger partial charge on any atom is -0.360 e. The van der Waals surface area contributed by atoms with Gasteiger partial charge in [0.25, 0.3) is 0 Å². The predicted molar refractivity (Wildman–Crippen MR) is 106 cm³/mol. The fourth-order valence-electron chi connectivity index (χ4n) is 4.56. The number of aromatic nitrogens is 2. The van der Waals surface area contributed by atoms with Crippen molar-refractivity contribution < 1.29 is 4.52 Å². The third kappa shape index (κ3) is 4.41. The lowest BCUT2D eigenvalue weighted by Crippen LogP contribution is -2.57. The van der Waals surface area contributed by atoms with E-state index in [9.17, 15) is 0 Å². The molecule has 0 aromatic carbocycles. The van der Waals surface area contributed by atoms with Crippen LogP contribution in [0.15, 0.2) is 35.0 Å². The van der Waals surface area contributed by atoms with Gasteiger partial charge in [-0.15, -0.1) is 0 Å². The molecule has 4 rings (SSSR count). The molecular formula is C22H32N4O. The number of piperidine rings is 1. The lowest BCUT2D eigenvalue weighted by atomic mass is 9.57. The molecule has 1 saturated heterocycles. The zero-order valence-corrected chi connectivity index (χ0v) is 16.7. The SMILES string of the molecule is CC1(C)C(Cc2cc(CN3CCCCC3)on2)CC1NCc1ccccn1. The molecule has 0 radical (unpaired) electrons. The van der Waals surface area contributed by atoms with E-state index in [-0.39, 0.29) is 5.41 Å². The van der Waals surface area contributed by atoms with Crippen molar-refractivity contribution in [2.45, 2.75) is 65.1 Å². The highest BCUT2D eigenvalue weighted by molar-refractivity contribution is 5.12. The Balaban J connectivity index is 1.26. The third-order valence-corrected chi connectivity index (χ3v) is 6.62. The van der Waals surface area contributed by atoms with Gasteiger partial charge in [0, 0.05) is 24.8 Å². The van der Waals surface area contributed by atoms with Gasteiger partial charge in [0.2, 0.25) is 0 Å². The van der Waals surface area contributed by atoms with E-state index in [0.717, 1.165) is 36.7 Å². The van der Waals surface area contributed by atoms with Crippen LogP contribution in [0.5, 0.6) is 0 Å². The molecule has 2 unspecified atom stereocenters. The van der Waals surface area contributed by atoms with E-state index in [0.29, 0.717) is 12.0 Å². The highest BCUT2D eigenvalue weighted by atomic mass is 16.5. The summed E-state index contributed by atoms with van der Waals surface area (Å²) in [5, 5.41) is 8.04. The van der Waals surface area contributed by atoms with Crippen LogP contribution in [0.1, 0.15) is 56.7 Å². The Morgan fingerprint density at radius 2 is 2.04 bits per heavy atom. The summed E-state index contributed by atoms with van der Waals surface area (Å²) in [7, 11) is 0. The minimum absolute atomic E-state index is 0.265. The van der Waals surface area contributed by atoms with Crippen LogP contribution in [0.3, 0.4) is 0 Å². The molecule has 146 valence electrons. The summed E-state index contributed by atoms with van der Waals surface area (Å²) in [4.78, 5) is 6.89. The number of pyridine rings is 1. The van der Waals surface area contributed by atoms with Crippen molar-refractivity contribution in [3.8, 4) is 0 Å². The van der Waals surface area contributed by atoms with Gasteiger partial charge in [0.1, 0.15) is 0 Å². The van der Waals surface area contributed by atoms with Crippen LogP contribution in [-0.2, 0) is 19.5 Å². The minimum atomic E-state index is 0.265. The van der Waals surface area contributed by atoms with Crippen molar-refractivity contribution in [3.05, 3.63) is 47.6 Å². The number of likely N-dealkylation sites (tertiary alicyclic amines) is 1. The third-order valence-electron chi connectivity index (χ3n) is 6.62. The van der Waals surface area contributed by atoms with Gasteiger partial charge in [0.15, 0.2) is 5.76 Å². The lowest BCUT2D eigenvalue weighted by Gasteiger charge is -2.52. The van der Waals surface area contributed by atoms with E-state index >= 15 is 0 Å². The normalized spacial score (nSPS) is 25.3. The predicted octanol–water partition coefficient (Wildman–Crippen LogP) is 3.80. The highest BCUT2D eigenvalue weighted by Gasteiger charge is 2.47. The molecule has 27 heavy (non-hydrogen) atoms. The first kappa shape index (κ1) is 18.6. The molecule has 5 nitrogen and oxygen atoms in total. The van der Waals surface area contributed by atoms with Crippen molar-refractivity contribution in [1.29, 1.82) is 0 Å². The van der Waals surface area contributed by atoms with Crippen LogP contribution in [0.4, 0.5) is 0 Å². The number of nitrogens with zero attached hydrogens (tertiary/aromatic N) is 3. The zero-order valence-electron chi connectivity index (χ0n) is 16.7. The van der Waals surface area contributed by atoms with Gasteiger partial charge in [-0.3, -0.25) is 9.88 Å². The summed E-state index contributed by atoms with van der Waals surface area (Å²) >= 11 is 0. The Bertz CT molecular complexity index is 721. The van der Waals surface area contributed by atoms with E-state index in [1.807, 2.05) is 18.3 Å². The molecule has 2 atom stereocenters. The summed E-state index contributed by atoms with van der Waals surface area (Å²) < 4.78 is 5.62. The van der Waals surface area contributed by atoms with Gasteiger partial charge in [0.05, 0.1) is 17.9 Å². The van der Waals surface area contributed by atoms with Crippen molar-refractivity contribution in [1.82, 2.24) is 20.4 Å². The molecule has 1 aliphatic carbocycles. The Morgan fingerprint density at radius 1 is 1.19 bits per heavy atom. The summed E-state index contributed by atoms with van der Waals surface area (Å²) in [6, 6.07) is 8.80. The fourth-order valence-corrected chi connectivity index (χ4v) is 4.56. The zero-order chi connectivity index (χ0) is 18.7. The van der Waals surface area contributed by atoms with Gasteiger partial charge >= 0.3 is 0 Å². The quantitative estimate of drug-likeness (QED) is 0.805. The maximum absolute atomic E-state index is 5.62.